The largest absolute Gasteiger partial charge is 0.330 e. The Labute approximate surface area is 70.7 Å². The molecule has 62 valence electrons. The van der Waals surface area contributed by atoms with Gasteiger partial charge in [-0.1, -0.05) is 6.08 Å². The van der Waals surface area contributed by atoms with Crippen molar-refractivity contribution in [1.82, 2.24) is 9.55 Å². The van der Waals surface area contributed by atoms with Crippen LogP contribution in [0.5, 0.6) is 0 Å². The Morgan fingerprint density at radius 1 is 1.67 bits per heavy atom. The number of nitrogens with zero attached hydrogens (tertiary/aromatic N) is 2. The maximum absolute atomic E-state index is 11.2. The monoisotopic (exact) mass is 162 g/mol. The quantitative estimate of drug-likeness (QED) is 0.624. The lowest BCUT2D eigenvalue weighted by Gasteiger charge is -2.06. The molecule has 12 heavy (non-hydrogen) atoms. The summed E-state index contributed by atoms with van der Waals surface area (Å²) in [5.74, 6) is 0.244. The molecule has 3 nitrogen and oxygen atoms in total. The predicted octanol–water partition coefficient (Wildman–Crippen LogP) is 1.34. The average Bonchev–Trinajstić information content (AvgIpc) is 2.61. The lowest BCUT2D eigenvalue weighted by molar-refractivity contribution is -0.115. The van der Waals surface area contributed by atoms with Crippen LogP contribution in [0.1, 0.15) is 19.4 Å². The van der Waals surface area contributed by atoms with Gasteiger partial charge in [0.05, 0.1) is 12.4 Å². The number of ketones is 1. The van der Waals surface area contributed by atoms with Gasteiger partial charge in [-0.05, 0) is 12.5 Å². The molecule has 0 saturated carbocycles. The highest BCUT2D eigenvalue weighted by Crippen LogP contribution is 2.24. The van der Waals surface area contributed by atoms with E-state index in [1.807, 2.05) is 23.8 Å². The molecule has 1 aliphatic carbocycles. The van der Waals surface area contributed by atoms with Gasteiger partial charge in [0.15, 0.2) is 5.78 Å². The zero-order valence-corrected chi connectivity index (χ0v) is 6.90. The number of allylic oxidation sites excluding steroid dienone is 2. The maximum atomic E-state index is 11.2. The lowest BCUT2D eigenvalue weighted by Crippen LogP contribution is -2.03. The molecule has 0 N–H and O–H groups in total. The number of rotatable bonds is 1. The standard InChI is InChI=1S/C9H10N2O/c1-7-4-8(5-9(7)12)11-3-2-10-6-11/h2-4,6,8H,5H2,1H3. The van der Waals surface area contributed by atoms with Crippen LogP contribution in [0.25, 0.3) is 0 Å². The van der Waals surface area contributed by atoms with Gasteiger partial charge in [0.25, 0.3) is 0 Å². The minimum atomic E-state index is 0.194. The molecule has 0 radical (unpaired) electrons. The van der Waals surface area contributed by atoms with Crippen LogP contribution in [-0.2, 0) is 4.79 Å². The fraction of sp³-hybridized carbons (Fsp3) is 0.333. The molecule has 3 heteroatoms. The van der Waals surface area contributed by atoms with Gasteiger partial charge in [-0.3, -0.25) is 4.79 Å². The number of imidazole rings is 1. The molecule has 0 amide bonds. The summed E-state index contributed by atoms with van der Waals surface area (Å²) in [7, 11) is 0. The third-order valence-electron chi connectivity index (χ3n) is 2.18. The molecule has 0 bridgehead atoms. The summed E-state index contributed by atoms with van der Waals surface area (Å²) in [5, 5.41) is 0. The van der Waals surface area contributed by atoms with Crippen LogP contribution in [0.15, 0.2) is 30.4 Å². The van der Waals surface area contributed by atoms with E-state index in [0.29, 0.717) is 6.42 Å². The molecule has 2 rings (SSSR count). The van der Waals surface area contributed by atoms with Crippen LogP contribution in [0.4, 0.5) is 0 Å². The van der Waals surface area contributed by atoms with Crippen molar-refractivity contribution in [3.63, 3.8) is 0 Å². The summed E-state index contributed by atoms with van der Waals surface area (Å²) in [6.07, 6.45) is 7.93. The molecule has 1 aromatic rings. The molecule has 0 aromatic carbocycles. The summed E-state index contributed by atoms with van der Waals surface area (Å²) in [6.45, 7) is 1.86. The van der Waals surface area contributed by atoms with Crippen LogP contribution in [0.2, 0.25) is 0 Å². The molecule has 0 fully saturated rings. The Balaban J connectivity index is 2.25. The molecule has 1 heterocycles. The second-order valence-corrected chi connectivity index (χ2v) is 3.05. The van der Waals surface area contributed by atoms with Crippen LogP contribution >= 0.6 is 0 Å². The first-order valence-corrected chi connectivity index (χ1v) is 3.96. The van der Waals surface area contributed by atoms with Crippen molar-refractivity contribution < 1.29 is 4.79 Å². The smallest absolute Gasteiger partial charge is 0.160 e. The predicted molar refractivity (Wildman–Crippen MR) is 44.6 cm³/mol. The van der Waals surface area contributed by atoms with Crippen molar-refractivity contribution in [2.24, 2.45) is 0 Å². The Morgan fingerprint density at radius 2 is 2.50 bits per heavy atom. The van der Waals surface area contributed by atoms with E-state index in [0.717, 1.165) is 5.57 Å². The first-order chi connectivity index (χ1) is 5.77. The molecule has 1 aromatic heterocycles. The van der Waals surface area contributed by atoms with Gasteiger partial charge in [0.1, 0.15) is 0 Å². The highest BCUT2D eigenvalue weighted by molar-refractivity contribution is 5.97. The van der Waals surface area contributed by atoms with Crippen LogP contribution in [0, 0.1) is 0 Å². The van der Waals surface area contributed by atoms with E-state index in [4.69, 9.17) is 0 Å². The highest BCUT2D eigenvalue weighted by Gasteiger charge is 2.21. The lowest BCUT2D eigenvalue weighted by atomic mass is 10.2. The zero-order valence-electron chi connectivity index (χ0n) is 6.90. The first kappa shape index (κ1) is 7.28. The topological polar surface area (TPSA) is 34.9 Å². The summed E-state index contributed by atoms with van der Waals surface area (Å²) in [6, 6.07) is 0.194. The molecule has 0 aliphatic heterocycles. The van der Waals surface area contributed by atoms with Gasteiger partial charge in [0.2, 0.25) is 0 Å². The Morgan fingerprint density at radius 3 is 3.00 bits per heavy atom. The normalized spacial score (nSPS) is 22.9. The Kier molecular flexibility index (Phi) is 1.57. The summed E-state index contributed by atoms with van der Waals surface area (Å²) >= 11 is 0. The number of aromatic nitrogens is 2. The van der Waals surface area contributed by atoms with Gasteiger partial charge < -0.3 is 4.57 Å². The zero-order chi connectivity index (χ0) is 8.55. The number of carbonyl (C=O) groups is 1. The van der Waals surface area contributed by atoms with Gasteiger partial charge in [-0.25, -0.2) is 4.98 Å². The van der Waals surface area contributed by atoms with E-state index in [9.17, 15) is 4.79 Å². The number of hydrogen-bond acceptors (Lipinski definition) is 2. The van der Waals surface area contributed by atoms with Crippen molar-refractivity contribution in [2.75, 3.05) is 0 Å². The molecular weight excluding hydrogens is 152 g/mol. The summed E-state index contributed by atoms with van der Waals surface area (Å²) in [5.41, 5.74) is 0.869. The van der Waals surface area contributed by atoms with Crippen molar-refractivity contribution in [3.05, 3.63) is 30.4 Å². The van der Waals surface area contributed by atoms with E-state index < -0.39 is 0 Å². The highest BCUT2D eigenvalue weighted by atomic mass is 16.1. The number of Topliss-reactive ketones (excluding diaryl/α,β-unsaturated/α-hetero) is 1. The van der Waals surface area contributed by atoms with Crippen LogP contribution < -0.4 is 0 Å². The number of hydrogen-bond donors (Lipinski definition) is 0. The molecule has 0 saturated heterocycles. The van der Waals surface area contributed by atoms with E-state index in [1.54, 1.807) is 12.5 Å². The SMILES string of the molecule is CC1=CC(n2ccnc2)CC1=O. The fourth-order valence-corrected chi connectivity index (χ4v) is 1.45. The fourth-order valence-electron chi connectivity index (χ4n) is 1.45. The van der Waals surface area contributed by atoms with Gasteiger partial charge in [0, 0.05) is 18.8 Å². The van der Waals surface area contributed by atoms with E-state index in [-0.39, 0.29) is 11.8 Å². The second-order valence-electron chi connectivity index (χ2n) is 3.05. The molecule has 1 aliphatic rings. The average molecular weight is 162 g/mol. The second kappa shape index (κ2) is 2.59. The third-order valence-corrected chi connectivity index (χ3v) is 2.18. The van der Waals surface area contributed by atoms with Crippen molar-refractivity contribution in [2.45, 2.75) is 19.4 Å². The van der Waals surface area contributed by atoms with Crippen LogP contribution in [-0.4, -0.2) is 15.3 Å². The molecule has 0 spiro atoms. The minimum Gasteiger partial charge on any atom is -0.330 e. The van der Waals surface area contributed by atoms with E-state index in [1.165, 1.54) is 0 Å². The molecular formula is C9H10N2O. The van der Waals surface area contributed by atoms with Gasteiger partial charge >= 0.3 is 0 Å². The van der Waals surface area contributed by atoms with Crippen molar-refractivity contribution in [1.29, 1.82) is 0 Å². The first-order valence-electron chi connectivity index (χ1n) is 3.96. The molecule has 1 atom stereocenters. The van der Waals surface area contributed by atoms with E-state index in [2.05, 4.69) is 4.98 Å². The Bertz CT molecular complexity index is 324. The van der Waals surface area contributed by atoms with Crippen molar-refractivity contribution >= 4 is 5.78 Å². The Hall–Kier alpha value is -1.38. The van der Waals surface area contributed by atoms with Crippen molar-refractivity contribution in [3.8, 4) is 0 Å². The molecule has 1 unspecified atom stereocenters. The van der Waals surface area contributed by atoms with Gasteiger partial charge in [-0.2, -0.15) is 0 Å². The summed E-state index contributed by atoms with van der Waals surface area (Å²) in [4.78, 5) is 15.1. The van der Waals surface area contributed by atoms with Gasteiger partial charge in [-0.15, -0.1) is 0 Å². The van der Waals surface area contributed by atoms with Crippen LogP contribution in [0.3, 0.4) is 0 Å². The van der Waals surface area contributed by atoms with E-state index >= 15 is 0 Å². The maximum Gasteiger partial charge on any atom is 0.160 e. The number of carbonyl (C=O) groups excluding carboxylic acids is 1. The minimum absolute atomic E-state index is 0.194. The third kappa shape index (κ3) is 1.07. The summed E-state index contributed by atoms with van der Waals surface area (Å²) < 4.78 is 1.95.